The van der Waals surface area contributed by atoms with Crippen LogP contribution in [0, 0.1) is 17.0 Å². The number of nitrogens with one attached hydrogen (secondary N) is 1. The molecule has 2 aliphatic rings. The summed E-state index contributed by atoms with van der Waals surface area (Å²) in [6, 6.07) is 8.23. The first-order valence-electron chi connectivity index (χ1n) is 9.47. The molecule has 1 aromatic carbocycles. The summed E-state index contributed by atoms with van der Waals surface area (Å²) in [6.07, 6.45) is 4.70. The van der Waals surface area contributed by atoms with Gasteiger partial charge in [0.1, 0.15) is 17.5 Å². The van der Waals surface area contributed by atoms with E-state index in [1.807, 2.05) is 0 Å². The molecule has 2 amide bonds. The Bertz CT molecular complexity index is 903. The summed E-state index contributed by atoms with van der Waals surface area (Å²) in [7, 11) is 0. The lowest BCUT2D eigenvalue weighted by molar-refractivity contribution is -0.127. The third-order valence-electron chi connectivity index (χ3n) is 5.77. The number of carbonyl (C=O) groups excluding carboxylic acids is 2. The van der Waals surface area contributed by atoms with Gasteiger partial charge in [0.2, 0.25) is 5.91 Å². The molecule has 2 heterocycles. The molecule has 5 nitrogen and oxygen atoms in total. The van der Waals surface area contributed by atoms with Crippen LogP contribution in [-0.2, 0) is 4.79 Å². The second kappa shape index (κ2) is 7.30. The van der Waals surface area contributed by atoms with Crippen molar-refractivity contribution in [1.82, 2.24) is 10.3 Å². The predicted molar refractivity (Wildman–Crippen MR) is 99.7 cm³/mol. The maximum absolute atomic E-state index is 13.4. The number of pyridine rings is 1. The van der Waals surface area contributed by atoms with E-state index in [0.29, 0.717) is 25.2 Å². The highest BCUT2D eigenvalue weighted by molar-refractivity contribution is 5.99. The molecule has 1 spiro atoms. The van der Waals surface area contributed by atoms with Crippen molar-refractivity contribution in [1.29, 1.82) is 0 Å². The highest BCUT2D eigenvalue weighted by Gasteiger charge is 2.50. The van der Waals surface area contributed by atoms with Crippen molar-refractivity contribution < 1.29 is 18.4 Å². The van der Waals surface area contributed by atoms with Crippen molar-refractivity contribution in [2.24, 2.45) is 5.41 Å². The number of nitrogens with zero attached hydrogens (tertiary/aromatic N) is 2. The largest absolute Gasteiger partial charge is 0.349 e. The average molecular weight is 385 g/mol. The van der Waals surface area contributed by atoms with E-state index in [9.17, 15) is 18.4 Å². The normalized spacial score (nSPS) is 24.6. The van der Waals surface area contributed by atoms with Crippen LogP contribution in [0.4, 0.5) is 14.6 Å². The third-order valence-corrected chi connectivity index (χ3v) is 5.77. The molecule has 1 aliphatic heterocycles. The highest BCUT2D eigenvalue weighted by Crippen LogP contribution is 2.45. The fourth-order valence-electron chi connectivity index (χ4n) is 4.37. The summed E-state index contributed by atoms with van der Waals surface area (Å²) in [5, 5.41) is 2.95. The maximum Gasteiger partial charge on any atom is 0.251 e. The first-order valence-corrected chi connectivity index (χ1v) is 9.47. The molecule has 1 N–H and O–H groups in total. The van der Waals surface area contributed by atoms with Crippen LogP contribution < -0.4 is 10.2 Å². The number of hydrogen-bond acceptors (Lipinski definition) is 3. The monoisotopic (exact) mass is 385 g/mol. The quantitative estimate of drug-likeness (QED) is 0.880. The molecule has 1 saturated carbocycles. The molecule has 4 rings (SSSR count). The van der Waals surface area contributed by atoms with Crippen LogP contribution in [0.3, 0.4) is 0 Å². The molecule has 0 bridgehead atoms. The van der Waals surface area contributed by atoms with Gasteiger partial charge in [0.25, 0.3) is 5.91 Å². The van der Waals surface area contributed by atoms with Gasteiger partial charge < -0.3 is 5.32 Å². The smallest absolute Gasteiger partial charge is 0.251 e. The fraction of sp³-hybridized carbons (Fsp3) is 0.381. The summed E-state index contributed by atoms with van der Waals surface area (Å²) in [5.74, 6) is -0.793. The number of rotatable bonds is 3. The predicted octanol–water partition coefficient (Wildman–Crippen LogP) is 3.46. The molecule has 28 heavy (non-hydrogen) atoms. The Morgan fingerprint density at radius 1 is 1.18 bits per heavy atom. The molecular weight excluding hydrogens is 364 g/mol. The maximum atomic E-state index is 13.4. The Hall–Kier alpha value is -2.83. The van der Waals surface area contributed by atoms with E-state index in [1.54, 1.807) is 11.0 Å². The van der Waals surface area contributed by atoms with E-state index in [4.69, 9.17) is 0 Å². The molecule has 2 fully saturated rings. The van der Waals surface area contributed by atoms with Gasteiger partial charge in [-0.2, -0.15) is 0 Å². The number of anilines is 1. The Balaban J connectivity index is 1.46. The summed E-state index contributed by atoms with van der Waals surface area (Å²) in [6.45, 7) is 0.530. The molecule has 1 saturated heterocycles. The minimum absolute atomic E-state index is 0.0173. The zero-order valence-electron chi connectivity index (χ0n) is 15.3. The van der Waals surface area contributed by atoms with E-state index in [-0.39, 0.29) is 23.4 Å². The van der Waals surface area contributed by atoms with Gasteiger partial charge in [-0.15, -0.1) is 0 Å². The van der Waals surface area contributed by atoms with Crippen molar-refractivity contribution in [3.05, 3.63) is 59.8 Å². The lowest BCUT2D eigenvalue weighted by Crippen LogP contribution is -2.46. The molecule has 146 valence electrons. The Morgan fingerprint density at radius 3 is 2.79 bits per heavy atom. The van der Waals surface area contributed by atoms with Crippen LogP contribution in [0.25, 0.3) is 0 Å². The molecule has 2 unspecified atom stereocenters. The van der Waals surface area contributed by atoms with Crippen molar-refractivity contribution in [2.45, 2.75) is 38.1 Å². The van der Waals surface area contributed by atoms with Gasteiger partial charge in [-0.1, -0.05) is 12.5 Å². The lowest BCUT2D eigenvalue weighted by atomic mass is 9.71. The molecule has 1 aromatic heterocycles. The fourth-order valence-corrected chi connectivity index (χ4v) is 4.37. The minimum atomic E-state index is -0.534. The van der Waals surface area contributed by atoms with Gasteiger partial charge in [-0.3, -0.25) is 14.5 Å². The highest BCUT2D eigenvalue weighted by atomic mass is 19.1. The first kappa shape index (κ1) is 18.5. The zero-order valence-corrected chi connectivity index (χ0v) is 15.3. The van der Waals surface area contributed by atoms with E-state index >= 15 is 0 Å². The summed E-state index contributed by atoms with van der Waals surface area (Å²) in [4.78, 5) is 31.2. The Kier molecular flexibility index (Phi) is 4.83. The number of amides is 2. The Labute approximate surface area is 161 Å². The van der Waals surface area contributed by atoms with Crippen molar-refractivity contribution in [3.8, 4) is 0 Å². The molecule has 1 aliphatic carbocycles. The summed E-state index contributed by atoms with van der Waals surface area (Å²) in [5.41, 5.74) is -0.261. The van der Waals surface area contributed by atoms with E-state index in [0.717, 1.165) is 25.5 Å². The van der Waals surface area contributed by atoms with Crippen molar-refractivity contribution in [3.63, 3.8) is 0 Å². The van der Waals surface area contributed by atoms with Crippen LogP contribution in [0.2, 0.25) is 0 Å². The van der Waals surface area contributed by atoms with Crippen LogP contribution >= 0.6 is 0 Å². The second-order valence-corrected chi connectivity index (χ2v) is 7.60. The van der Waals surface area contributed by atoms with Crippen LogP contribution in [0.15, 0.2) is 42.6 Å². The number of aromatic nitrogens is 1. The van der Waals surface area contributed by atoms with Gasteiger partial charge in [-0.25, -0.2) is 13.8 Å². The van der Waals surface area contributed by atoms with Crippen molar-refractivity contribution in [2.75, 3.05) is 11.4 Å². The number of halogens is 2. The molecule has 2 atom stereocenters. The number of benzene rings is 1. The van der Waals surface area contributed by atoms with Crippen molar-refractivity contribution >= 4 is 17.6 Å². The molecule has 2 aromatic rings. The minimum Gasteiger partial charge on any atom is -0.349 e. The van der Waals surface area contributed by atoms with Crippen LogP contribution in [0.1, 0.15) is 42.5 Å². The van der Waals surface area contributed by atoms with Gasteiger partial charge >= 0.3 is 0 Å². The van der Waals surface area contributed by atoms with Gasteiger partial charge in [0, 0.05) is 18.2 Å². The Morgan fingerprint density at radius 2 is 2.04 bits per heavy atom. The molecular formula is C21H21F2N3O2. The third kappa shape index (κ3) is 3.48. The number of carbonyl (C=O) groups is 2. The number of hydrogen-bond donors (Lipinski definition) is 1. The second-order valence-electron chi connectivity index (χ2n) is 7.60. The van der Waals surface area contributed by atoms with Gasteiger partial charge in [0.05, 0.1) is 11.6 Å². The summed E-state index contributed by atoms with van der Waals surface area (Å²) < 4.78 is 26.5. The van der Waals surface area contributed by atoms with Gasteiger partial charge in [-0.05, 0) is 56.0 Å². The van der Waals surface area contributed by atoms with Gasteiger partial charge in [0.15, 0.2) is 0 Å². The standard InChI is InChI=1S/C21H21F2N3O2/c22-15-4-1-3-14(11-15)19(27)25-17-5-2-8-21(12-17)9-10-26(20(21)28)18-7-6-16(23)13-24-18/h1,3-4,6-7,11,13,17H,2,5,8-10,12H2,(H,25,27). The molecule has 0 radical (unpaired) electrons. The van der Waals surface area contributed by atoms with E-state index in [1.165, 1.54) is 30.3 Å². The lowest BCUT2D eigenvalue weighted by Gasteiger charge is -2.36. The topological polar surface area (TPSA) is 62.3 Å². The van der Waals surface area contributed by atoms with Crippen LogP contribution in [-0.4, -0.2) is 29.4 Å². The SMILES string of the molecule is O=C(NC1CCCC2(CCN(c3ccc(F)cn3)C2=O)C1)c1cccc(F)c1. The first-order chi connectivity index (χ1) is 13.5. The summed E-state index contributed by atoms with van der Waals surface area (Å²) >= 11 is 0. The van der Waals surface area contributed by atoms with E-state index < -0.39 is 17.0 Å². The average Bonchev–Trinajstić information content (AvgIpc) is 2.98. The van der Waals surface area contributed by atoms with Crippen LogP contribution in [0.5, 0.6) is 0 Å². The molecule has 7 heteroatoms. The zero-order chi connectivity index (χ0) is 19.7. The van der Waals surface area contributed by atoms with E-state index in [2.05, 4.69) is 10.3 Å².